The number of nitrogens with zero attached hydrogens (tertiary/aromatic N) is 3. The molecule has 0 saturated carbocycles. The molecule has 0 aromatic rings. The normalized spacial score (nSPS) is 26.7. The van der Waals surface area contributed by atoms with E-state index < -0.39 is 43.2 Å². The van der Waals surface area contributed by atoms with Crippen LogP contribution >= 0.6 is 0 Å². The quantitative estimate of drug-likeness (QED) is 0.103. The Balaban J connectivity index is 2.16. The lowest BCUT2D eigenvalue weighted by Crippen LogP contribution is -2.64. The molecule has 0 aliphatic carbocycles. The molecule has 1 fully saturated rings. The number of amides is 1. The largest absolute Gasteiger partial charge is 0.394 e. The fraction of sp³-hybridized carbons (Fsp3) is 0.938. The van der Waals surface area contributed by atoms with Gasteiger partial charge in [0.2, 0.25) is 5.91 Å². The standard InChI is InChI=1S/C16H30N4O9/c1-11(22)19-13-15(24)14(23)12(10-21)29-16(13)28-9-8-27-7-6-26-5-4-25-3-2-18-20-17/h12-16,21,23-24H,2-10H2,1H3,(H,19,22)/t12-,13-,14+,15-,16-/m1/s1. The lowest BCUT2D eigenvalue weighted by Gasteiger charge is -2.42. The molecule has 29 heavy (non-hydrogen) atoms. The van der Waals surface area contributed by atoms with Crippen LogP contribution in [0.4, 0.5) is 0 Å². The molecular formula is C16H30N4O9. The average Bonchev–Trinajstić information content (AvgIpc) is 2.70. The van der Waals surface area contributed by atoms with Crippen LogP contribution in [0.25, 0.3) is 10.4 Å². The molecule has 0 aromatic carbocycles. The van der Waals surface area contributed by atoms with Crippen molar-refractivity contribution in [3.05, 3.63) is 10.4 Å². The summed E-state index contributed by atoms with van der Waals surface area (Å²) in [4.78, 5) is 13.9. The summed E-state index contributed by atoms with van der Waals surface area (Å²) in [6.45, 7) is 3.13. The van der Waals surface area contributed by atoms with E-state index in [1.165, 1.54) is 6.92 Å². The topological polar surface area (TPSA) is 185 Å². The van der Waals surface area contributed by atoms with E-state index in [-0.39, 0.29) is 19.8 Å². The minimum Gasteiger partial charge on any atom is -0.394 e. The lowest BCUT2D eigenvalue weighted by atomic mass is 9.97. The Bertz CT molecular complexity index is 507. The average molecular weight is 422 g/mol. The molecular weight excluding hydrogens is 392 g/mol. The first-order chi connectivity index (χ1) is 14.0. The van der Waals surface area contributed by atoms with Crippen LogP contribution in [0.15, 0.2) is 5.11 Å². The van der Waals surface area contributed by atoms with Gasteiger partial charge in [-0.05, 0) is 5.53 Å². The van der Waals surface area contributed by atoms with Crippen molar-refractivity contribution in [3.63, 3.8) is 0 Å². The maximum atomic E-state index is 11.3. The van der Waals surface area contributed by atoms with E-state index in [0.717, 1.165) is 0 Å². The molecule has 1 aliphatic heterocycles. The molecule has 0 aromatic heterocycles. The van der Waals surface area contributed by atoms with Gasteiger partial charge in [-0.2, -0.15) is 0 Å². The predicted molar refractivity (Wildman–Crippen MR) is 97.8 cm³/mol. The monoisotopic (exact) mass is 422 g/mol. The Morgan fingerprint density at radius 3 is 2.21 bits per heavy atom. The van der Waals surface area contributed by atoms with Gasteiger partial charge in [-0.15, -0.1) is 0 Å². The van der Waals surface area contributed by atoms with E-state index in [2.05, 4.69) is 15.3 Å². The van der Waals surface area contributed by atoms with Crippen molar-refractivity contribution in [1.82, 2.24) is 5.32 Å². The highest BCUT2D eigenvalue weighted by Crippen LogP contribution is 2.22. The summed E-state index contributed by atoms with van der Waals surface area (Å²) in [5, 5.41) is 35.1. The molecule has 1 heterocycles. The van der Waals surface area contributed by atoms with Crippen molar-refractivity contribution in [2.24, 2.45) is 5.11 Å². The maximum absolute atomic E-state index is 11.3. The fourth-order valence-corrected chi connectivity index (χ4v) is 2.53. The van der Waals surface area contributed by atoms with Crippen molar-refractivity contribution < 1.29 is 43.8 Å². The van der Waals surface area contributed by atoms with Crippen molar-refractivity contribution >= 4 is 5.91 Å². The summed E-state index contributed by atoms with van der Waals surface area (Å²) >= 11 is 0. The smallest absolute Gasteiger partial charge is 0.217 e. The van der Waals surface area contributed by atoms with Crippen LogP contribution in [-0.2, 0) is 28.5 Å². The molecule has 1 rings (SSSR count). The number of nitrogens with one attached hydrogen (secondary N) is 1. The Hall–Kier alpha value is -1.54. The number of carbonyl (C=O) groups is 1. The third-order valence-corrected chi connectivity index (χ3v) is 3.90. The van der Waals surface area contributed by atoms with Gasteiger partial charge in [0.25, 0.3) is 0 Å². The first-order valence-electron chi connectivity index (χ1n) is 9.26. The number of hydrogen-bond donors (Lipinski definition) is 4. The second kappa shape index (κ2) is 15.3. The maximum Gasteiger partial charge on any atom is 0.217 e. The highest BCUT2D eigenvalue weighted by molar-refractivity contribution is 5.73. The zero-order valence-electron chi connectivity index (χ0n) is 16.4. The van der Waals surface area contributed by atoms with Gasteiger partial charge in [-0.3, -0.25) is 4.79 Å². The summed E-state index contributed by atoms with van der Waals surface area (Å²) in [5.74, 6) is -0.420. The van der Waals surface area contributed by atoms with Crippen LogP contribution in [0.3, 0.4) is 0 Å². The molecule has 1 saturated heterocycles. The van der Waals surface area contributed by atoms with Gasteiger partial charge in [0, 0.05) is 18.4 Å². The third kappa shape index (κ3) is 10.2. The summed E-state index contributed by atoms with van der Waals surface area (Å²) in [5.41, 5.74) is 8.09. The molecule has 168 valence electrons. The predicted octanol–water partition coefficient (Wildman–Crippen LogP) is -1.69. The highest BCUT2D eigenvalue weighted by atomic mass is 16.7. The first-order valence-corrected chi connectivity index (χ1v) is 9.26. The molecule has 0 unspecified atom stereocenters. The molecule has 0 radical (unpaired) electrons. The van der Waals surface area contributed by atoms with E-state index >= 15 is 0 Å². The van der Waals surface area contributed by atoms with Gasteiger partial charge in [0.15, 0.2) is 6.29 Å². The van der Waals surface area contributed by atoms with Crippen molar-refractivity contribution in [3.8, 4) is 0 Å². The van der Waals surface area contributed by atoms with E-state index in [1.54, 1.807) is 0 Å². The summed E-state index contributed by atoms with van der Waals surface area (Å²) in [6, 6.07) is -0.979. The number of ether oxygens (including phenoxy) is 5. The second-order valence-electron chi connectivity index (χ2n) is 6.10. The Kier molecular flexibility index (Phi) is 13.5. The number of rotatable bonds is 15. The van der Waals surface area contributed by atoms with Crippen LogP contribution in [0, 0.1) is 0 Å². The van der Waals surface area contributed by atoms with Crippen LogP contribution in [0.2, 0.25) is 0 Å². The summed E-state index contributed by atoms with van der Waals surface area (Å²) < 4.78 is 26.7. The van der Waals surface area contributed by atoms with E-state index in [4.69, 9.17) is 29.2 Å². The summed E-state index contributed by atoms with van der Waals surface area (Å²) in [6.07, 6.45) is -4.77. The van der Waals surface area contributed by atoms with Gasteiger partial charge in [-0.25, -0.2) is 0 Å². The third-order valence-electron chi connectivity index (χ3n) is 3.90. The zero-order chi connectivity index (χ0) is 21.5. The van der Waals surface area contributed by atoms with E-state index in [1.807, 2.05) is 0 Å². The van der Waals surface area contributed by atoms with Crippen molar-refractivity contribution in [2.45, 2.75) is 37.6 Å². The van der Waals surface area contributed by atoms with Gasteiger partial charge in [0.1, 0.15) is 24.4 Å². The van der Waals surface area contributed by atoms with Gasteiger partial charge in [0.05, 0.1) is 52.9 Å². The van der Waals surface area contributed by atoms with Crippen LogP contribution in [-0.4, -0.2) is 111 Å². The van der Waals surface area contributed by atoms with Gasteiger partial charge >= 0.3 is 0 Å². The molecule has 13 nitrogen and oxygen atoms in total. The lowest BCUT2D eigenvalue weighted by molar-refractivity contribution is -0.272. The molecule has 1 aliphatic rings. The van der Waals surface area contributed by atoms with Crippen LogP contribution < -0.4 is 5.32 Å². The van der Waals surface area contributed by atoms with Crippen molar-refractivity contribution in [2.75, 3.05) is 59.4 Å². The van der Waals surface area contributed by atoms with E-state index in [0.29, 0.717) is 33.0 Å². The fourth-order valence-electron chi connectivity index (χ4n) is 2.53. The Morgan fingerprint density at radius 2 is 1.66 bits per heavy atom. The van der Waals surface area contributed by atoms with E-state index in [9.17, 15) is 20.1 Å². The molecule has 5 atom stereocenters. The van der Waals surface area contributed by atoms with Crippen LogP contribution in [0.1, 0.15) is 6.92 Å². The van der Waals surface area contributed by atoms with Gasteiger partial charge in [-0.1, -0.05) is 5.11 Å². The van der Waals surface area contributed by atoms with Crippen molar-refractivity contribution in [1.29, 1.82) is 0 Å². The SMILES string of the molecule is CC(=O)N[C@H]1[C@H](OCCOCCOCCOCCN=[N+]=[N-])O[C@H](CO)[C@H](O)[C@@H]1O. The molecule has 0 bridgehead atoms. The molecule has 13 heteroatoms. The number of azide groups is 1. The van der Waals surface area contributed by atoms with Gasteiger partial charge < -0.3 is 44.3 Å². The summed E-state index contributed by atoms with van der Waals surface area (Å²) in [7, 11) is 0. The second-order valence-corrected chi connectivity index (χ2v) is 6.10. The Labute approximate surface area is 168 Å². The molecule has 0 spiro atoms. The minimum absolute atomic E-state index is 0.101. The van der Waals surface area contributed by atoms with Crippen LogP contribution in [0.5, 0.6) is 0 Å². The minimum atomic E-state index is -1.35. The number of aliphatic hydroxyl groups excluding tert-OH is 3. The first kappa shape index (κ1) is 25.5. The molecule has 4 N–H and O–H groups in total. The zero-order valence-corrected chi connectivity index (χ0v) is 16.4. The number of hydrogen-bond acceptors (Lipinski definition) is 10. The number of aliphatic hydroxyl groups is 3. The highest BCUT2D eigenvalue weighted by Gasteiger charge is 2.45. The Morgan fingerprint density at radius 1 is 1.07 bits per heavy atom. The number of carbonyl (C=O) groups excluding carboxylic acids is 1. The molecule has 1 amide bonds.